The van der Waals surface area contributed by atoms with Gasteiger partial charge in [0.15, 0.2) is 0 Å². The normalized spacial score (nSPS) is 15.7. The first-order chi connectivity index (χ1) is 10.2. The Balaban J connectivity index is 1.58. The summed E-state index contributed by atoms with van der Waals surface area (Å²) in [5.74, 6) is 1.76. The molecule has 2 aromatic carbocycles. The smallest absolute Gasteiger partial charge is 0.120 e. The number of halogens is 1. The number of hydrogen-bond donors (Lipinski definition) is 1. The highest BCUT2D eigenvalue weighted by atomic mass is 35.5. The first kappa shape index (κ1) is 14.8. The van der Waals surface area contributed by atoms with Crippen LogP contribution in [0, 0.1) is 0 Å². The van der Waals surface area contributed by atoms with E-state index in [4.69, 9.17) is 22.1 Å². The van der Waals surface area contributed by atoms with E-state index < -0.39 is 0 Å². The van der Waals surface area contributed by atoms with E-state index >= 15 is 0 Å². The number of rotatable bonds is 6. The van der Waals surface area contributed by atoms with Crippen LogP contribution in [-0.4, -0.2) is 11.9 Å². The Morgan fingerprint density at radius 1 is 1.19 bits per heavy atom. The summed E-state index contributed by atoms with van der Waals surface area (Å²) in [5.41, 5.74) is 7.41. The molecule has 2 aromatic rings. The van der Waals surface area contributed by atoms with Crippen LogP contribution in [0.4, 0.5) is 0 Å². The maximum atomic E-state index is 6.29. The molecule has 4 heteroatoms. The van der Waals surface area contributed by atoms with Crippen molar-refractivity contribution in [1.29, 1.82) is 0 Å². The van der Waals surface area contributed by atoms with E-state index in [1.165, 1.54) is 17.7 Å². The fraction of sp³-hybridized carbons (Fsp3) is 0.294. The van der Waals surface area contributed by atoms with Gasteiger partial charge in [0.2, 0.25) is 0 Å². The molecule has 1 saturated carbocycles. The molecule has 1 atom stereocenters. The van der Waals surface area contributed by atoms with Gasteiger partial charge in [-0.15, -0.1) is 11.8 Å². The Labute approximate surface area is 134 Å². The number of hydrogen-bond acceptors (Lipinski definition) is 3. The van der Waals surface area contributed by atoms with Crippen LogP contribution in [0.2, 0.25) is 5.02 Å². The lowest BCUT2D eigenvalue weighted by Gasteiger charge is -2.13. The molecule has 0 amide bonds. The molecule has 3 rings (SSSR count). The zero-order valence-electron chi connectivity index (χ0n) is 11.7. The number of benzene rings is 2. The van der Waals surface area contributed by atoms with Crippen LogP contribution in [0.1, 0.15) is 24.4 Å². The summed E-state index contributed by atoms with van der Waals surface area (Å²) in [7, 11) is 0. The minimum Gasteiger partial charge on any atom is -0.490 e. The van der Waals surface area contributed by atoms with Crippen molar-refractivity contribution in [2.24, 2.45) is 5.73 Å². The third-order valence-corrected chi connectivity index (χ3v) is 4.74. The van der Waals surface area contributed by atoms with E-state index in [0.29, 0.717) is 6.10 Å². The zero-order valence-corrected chi connectivity index (χ0v) is 13.2. The standard InChI is InChI=1S/C17H18ClNOS/c18-13-4-8-16(9-5-13)21-11-17(19)12-2-1-3-15(10-12)20-14-6-7-14/h1-5,8-10,14,17H,6-7,11,19H2. The predicted molar refractivity (Wildman–Crippen MR) is 89.2 cm³/mol. The van der Waals surface area contributed by atoms with Gasteiger partial charge in [-0.3, -0.25) is 0 Å². The first-order valence-corrected chi connectivity index (χ1v) is 8.47. The molecule has 0 radical (unpaired) electrons. The number of thioether (sulfide) groups is 1. The topological polar surface area (TPSA) is 35.2 Å². The lowest BCUT2D eigenvalue weighted by molar-refractivity contribution is 0.303. The van der Waals surface area contributed by atoms with Gasteiger partial charge in [-0.05, 0) is 54.8 Å². The van der Waals surface area contributed by atoms with Crippen molar-refractivity contribution in [2.75, 3.05) is 5.75 Å². The van der Waals surface area contributed by atoms with Crippen LogP contribution in [0.15, 0.2) is 53.4 Å². The second-order valence-corrected chi connectivity index (χ2v) is 6.79. The van der Waals surface area contributed by atoms with Crippen LogP contribution < -0.4 is 10.5 Å². The fourth-order valence-electron chi connectivity index (χ4n) is 2.01. The summed E-state index contributed by atoms with van der Waals surface area (Å²) in [4.78, 5) is 1.18. The Morgan fingerprint density at radius 2 is 1.95 bits per heavy atom. The van der Waals surface area contributed by atoms with Crippen molar-refractivity contribution in [2.45, 2.75) is 29.9 Å². The average molecular weight is 320 g/mol. The van der Waals surface area contributed by atoms with Gasteiger partial charge in [-0.2, -0.15) is 0 Å². The van der Waals surface area contributed by atoms with Crippen LogP contribution in [-0.2, 0) is 0 Å². The molecular formula is C17H18ClNOS. The lowest BCUT2D eigenvalue weighted by Crippen LogP contribution is -2.13. The van der Waals surface area contributed by atoms with Crippen molar-refractivity contribution >= 4 is 23.4 Å². The van der Waals surface area contributed by atoms with E-state index in [9.17, 15) is 0 Å². The second kappa shape index (κ2) is 6.73. The second-order valence-electron chi connectivity index (χ2n) is 5.26. The summed E-state index contributed by atoms with van der Waals surface area (Å²) in [6.45, 7) is 0. The number of nitrogens with two attached hydrogens (primary N) is 1. The van der Waals surface area contributed by atoms with E-state index in [-0.39, 0.29) is 6.04 Å². The van der Waals surface area contributed by atoms with Gasteiger partial charge in [-0.25, -0.2) is 0 Å². The zero-order chi connectivity index (χ0) is 14.7. The van der Waals surface area contributed by atoms with Crippen LogP contribution in [0.3, 0.4) is 0 Å². The predicted octanol–water partition coefficient (Wildman–Crippen LogP) is 4.67. The summed E-state index contributed by atoms with van der Waals surface area (Å²) < 4.78 is 5.82. The molecule has 1 fully saturated rings. The molecule has 2 nitrogen and oxygen atoms in total. The molecular weight excluding hydrogens is 302 g/mol. The third-order valence-electron chi connectivity index (χ3n) is 3.36. The minimum atomic E-state index is -0.00608. The van der Waals surface area contributed by atoms with Gasteiger partial charge in [0.25, 0.3) is 0 Å². The van der Waals surface area contributed by atoms with Gasteiger partial charge < -0.3 is 10.5 Å². The SMILES string of the molecule is NC(CSc1ccc(Cl)cc1)c1cccc(OC2CC2)c1. The minimum absolute atomic E-state index is 0.00608. The molecule has 1 unspecified atom stereocenters. The maximum absolute atomic E-state index is 6.29. The Hall–Kier alpha value is -1.16. The molecule has 0 spiro atoms. The van der Waals surface area contributed by atoms with Crippen LogP contribution in [0.25, 0.3) is 0 Å². The molecule has 2 N–H and O–H groups in total. The molecule has 0 aromatic heterocycles. The van der Waals surface area contributed by atoms with Gasteiger partial charge in [0.05, 0.1) is 6.10 Å². The summed E-state index contributed by atoms with van der Waals surface area (Å²) in [6.07, 6.45) is 2.76. The van der Waals surface area contributed by atoms with E-state index in [0.717, 1.165) is 22.1 Å². The molecule has 1 aliphatic carbocycles. The quantitative estimate of drug-likeness (QED) is 0.786. The van der Waals surface area contributed by atoms with Crippen LogP contribution in [0.5, 0.6) is 5.75 Å². The average Bonchev–Trinajstić information content (AvgIpc) is 3.30. The fourth-order valence-corrected chi connectivity index (χ4v) is 3.03. The lowest BCUT2D eigenvalue weighted by atomic mass is 10.1. The first-order valence-electron chi connectivity index (χ1n) is 7.11. The molecule has 0 aliphatic heterocycles. The van der Waals surface area contributed by atoms with Crippen molar-refractivity contribution in [3.63, 3.8) is 0 Å². The van der Waals surface area contributed by atoms with E-state index in [2.05, 4.69) is 12.1 Å². The number of ether oxygens (including phenoxy) is 1. The Bertz CT molecular complexity index is 598. The van der Waals surface area contributed by atoms with Crippen LogP contribution >= 0.6 is 23.4 Å². The van der Waals surface area contributed by atoms with E-state index in [1.54, 1.807) is 11.8 Å². The highest BCUT2D eigenvalue weighted by Gasteiger charge is 2.23. The molecule has 1 aliphatic rings. The monoisotopic (exact) mass is 319 g/mol. The van der Waals surface area contributed by atoms with Crippen molar-refractivity contribution in [3.8, 4) is 5.75 Å². The van der Waals surface area contributed by atoms with E-state index in [1.807, 2.05) is 36.4 Å². The summed E-state index contributed by atoms with van der Waals surface area (Å²) in [5, 5.41) is 0.758. The Morgan fingerprint density at radius 3 is 2.67 bits per heavy atom. The van der Waals surface area contributed by atoms with Gasteiger partial charge in [0.1, 0.15) is 5.75 Å². The molecule has 0 bridgehead atoms. The summed E-state index contributed by atoms with van der Waals surface area (Å²) in [6, 6.07) is 16.0. The van der Waals surface area contributed by atoms with Crippen molar-refractivity contribution < 1.29 is 4.74 Å². The molecule has 21 heavy (non-hydrogen) atoms. The summed E-state index contributed by atoms with van der Waals surface area (Å²) >= 11 is 7.63. The largest absolute Gasteiger partial charge is 0.490 e. The molecule has 110 valence electrons. The van der Waals surface area contributed by atoms with Gasteiger partial charge >= 0.3 is 0 Å². The van der Waals surface area contributed by atoms with Crippen molar-refractivity contribution in [3.05, 3.63) is 59.1 Å². The van der Waals surface area contributed by atoms with Crippen molar-refractivity contribution in [1.82, 2.24) is 0 Å². The third kappa shape index (κ3) is 4.40. The van der Waals surface area contributed by atoms with Gasteiger partial charge in [0, 0.05) is 21.7 Å². The maximum Gasteiger partial charge on any atom is 0.120 e. The Kier molecular flexibility index (Phi) is 4.73. The molecule has 0 heterocycles. The highest BCUT2D eigenvalue weighted by molar-refractivity contribution is 7.99. The van der Waals surface area contributed by atoms with Gasteiger partial charge in [-0.1, -0.05) is 23.7 Å². The highest BCUT2D eigenvalue weighted by Crippen LogP contribution is 2.29. The molecule has 0 saturated heterocycles.